The van der Waals surface area contributed by atoms with E-state index in [4.69, 9.17) is 10.5 Å². The molecule has 1 aliphatic rings. The summed E-state index contributed by atoms with van der Waals surface area (Å²) in [7, 11) is 2.11. The van der Waals surface area contributed by atoms with Crippen molar-refractivity contribution < 1.29 is 4.74 Å². The molecule has 2 aromatic rings. The van der Waals surface area contributed by atoms with Crippen LogP contribution in [0.15, 0.2) is 42.7 Å². The van der Waals surface area contributed by atoms with Gasteiger partial charge in [0.2, 0.25) is 0 Å². The predicted octanol–water partition coefficient (Wildman–Crippen LogP) is 2.15. The summed E-state index contributed by atoms with van der Waals surface area (Å²) in [6.07, 6.45) is 4.69. The maximum Gasteiger partial charge on any atom is 0.122 e. The minimum Gasteiger partial charge on any atom is -0.493 e. The Hall–Kier alpha value is -1.91. The van der Waals surface area contributed by atoms with Gasteiger partial charge >= 0.3 is 0 Å². The molecule has 1 aromatic heterocycles. The molecule has 1 atom stereocenters. The van der Waals surface area contributed by atoms with Crippen LogP contribution >= 0.6 is 0 Å². The Morgan fingerprint density at radius 1 is 1.38 bits per heavy atom. The number of likely N-dealkylation sites (N-methyl/N-ethyl adjacent to an activating group) is 1. The second-order valence-electron chi connectivity index (χ2n) is 5.49. The standard InChI is InChI=1S/C17H21N3O/c1-20(12-13-3-2-7-19-11-13)16(10-18)14-4-5-17-15(9-14)6-8-21-17/h2-5,7,9,11,16H,6,8,10,12,18H2,1H3. The Morgan fingerprint density at radius 2 is 2.29 bits per heavy atom. The normalized spacial score (nSPS) is 14.8. The minimum atomic E-state index is 0.205. The molecule has 0 bridgehead atoms. The SMILES string of the molecule is CN(Cc1cccnc1)C(CN)c1ccc2c(c1)CCO2. The molecule has 1 aromatic carbocycles. The number of rotatable bonds is 5. The summed E-state index contributed by atoms with van der Waals surface area (Å²) in [6.45, 7) is 2.22. The van der Waals surface area contributed by atoms with Crippen molar-refractivity contribution in [3.63, 3.8) is 0 Å². The van der Waals surface area contributed by atoms with E-state index in [-0.39, 0.29) is 6.04 Å². The Kier molecular flexibility index (Phi) is 4.18. The van der Waals surface area contributed by atoms with Crippen molar-refractivity contribution in [3.8, 4) is 5.75 Å². The molecule has 3 rings (SSSR count). The Bertz CT molecular complexity index is 600. The third kappa shape index (κ3) is 3.06. The lowest BCUT2D eigenvalue weighted by molar-refractivity contribution is 0.241. The van der Waals surface area contributed by atoms with Gasteiger partial charge in [-0.25, -0.2) is 0 Å². The van der Waals surface area contributed by atoms with E-state index in [2.05, 4.69) is 41.2 Å². The molecule has 0 saturated heterocycles. The molecule has 0 spiro atoms. The van der Waals surface area contributed by atoms with E-state index in [1.165, 1.54) is 16.7 Å². The molecular formula is C17H21N3O. The van der Waals surface area contributed by atoms with Crippen LogP contribution in [-0.2, 0) is 13.0 Å². The monoisotopic (exact) mass is 283 g/mol. The molecule has 0 aliphatic carbocycles. The summed E-state index contributed by atoms with van der Waals surface area (Å²) in [5, 5.41) is 0. The molecule has 0 amide bonds. The zero-order valence-corrected chi connectivity index (χ0v) is 12.3. The fourth-order valence-electron chi connectivity index (χ4n) is 2.87. The molecule has 2 heterocycles. The van der Waals surface area contributed by atoms with E-state index < -0.39 is 0 Å². The number of fused-ring (bicyclic) bond motifs is 1. The van der Waals surface area contributed by atoms with Crippen LogP contribution in [0.4, 0.5) is 0 Å². The molecule has 0 saturated carbocycles. The van der Waals surface area contributed by atoms with Crippen molar-refractivity contribution in [2.75, 3.05) is 20.2 Å². The van der Waals surface area contributed by atoms with Crippen LogP contribution in [0.2, 0.25) is 0 Å². The molecule has 110 valence electrons. The number of hydrogen-bond acceptors (Lipinski definition) is 4. The van der Waals surface area contributed by atoms with Gasteiger partial charge in [0, 0.05) is 37.9 Å². The predicted molar refractivity (Wildman–Crippen MR) is 83.1 cm³/mol. The first-order valence-electron chi connectivity index (χ1n) is 7.33. The van der Waals surface area contributed by atoms with Crippen LogP contribution < -0.4 is 10.5 Å². The molecular weight excluding hydrogens is 262 g/mol. The van der Waals surface area contributed by atoms with E-state index in [1.54, 1.807) is 6.20 Å². The fraction of sp³-hybridized carbons (Fsp3) is 0.353. The van der Waals surface area contributed by atoms with Gasteiger partial charge < -0.3 is 10.5 Å². The lowest BCUT2D eigenvalue weighted by atomic mass is 10.0. The van der Waals surface area contributed by atoms with Gasteiger partial charge in [-0.3, -0.25) is 9.88 Å². The van der Waals surface area contributed by atoms with E-state index in [0.717, 1.165) is 25.3 Å². The average Bonchev–Trinajstić information content (AvgIpc) is 2.96. The summed E-state index contributed by atoms with van der Waals surface area (Å²) < 4.78 is 5.57. The van der Waals surface area contributed by atoms with Gasteiger partial charge in [0.25, 0.3) is 0 Å². The highest BCUT2D eigenvalue weighted by Crippen LogP contribution is 2.29. The number of ether oxygens (including phenoxy) is 1. The molecule has 4 nitrogen and oxygen atoms in total. The fourth-order valence-corrected chi connectivity index (χ4v) is 2.87. The molecule has 0 fully saturated rings. The zero-order chi connectivity index (χ0) is 14.7. The van der Waals surface area contributed by atoms with Crippen molar-refractivity contribution in [3.05, 3.63) is 59.4 Å². The van der Waals surface area contributed by atoms with E-state index in [1.807, 2.05) is 12.3 Å². The smallest absolute Gasteiger partial charge is 0.122 e. The third-order valence-corrected chi connectivity index (χ3v) is 4.01. The number of hydrogen-bond donors (Lipinski definition) is 1. The van der Waals surface area contributed by atoms with Crippen LogP contribution in [-0.4, -0.2) is 30.1 Å². The van der Waals surface area contributed by atoms with Gasteiger partial charge in [-0.15, -0.1) is 0 Å². The summed E-state index contributed by atoms with van der Waals surface area (Å²) in [4.78, 5) is 6.44. The lowest BCUT2D eigenvalue weighted by Gasteiger charge is -2.27. The van der Waals surface area contributed by atoms with Crippen molar-refractivity contribution in [1.82, 2.24) is 9.88 Å². The highest BCUT2D eigenvalue weighted by atomic mass is 16.5. The average molecular weight is 283 g/mol. The van der Waals surface area contributed by atoms with E-state index in [0.29, 0.717) is 6.54 Å². The molecule has 1 aliphatic heterocycles. The summed E-state index contributed by atoms with van der Waals surface area (Å²) in [6, 6.07) is 10.7. The van der Waals surface area contributed by atoms with Gasteiger partial charge in [-0.2, -0.15) is 0 Å². The van der Waals surface area contributed by atoms with Gasteiger partial charge in [0.15, 0.2) is 0 Å². The quantitative estimate of drug-likeness (QED) is 0.913. The second-order valence-corrected chi connectivity index (χ2v) is 5.49. The maximum absolute atomic E-state index is 6.02. The Morgan fingerprint density at radius 3 is 3.05 bits per heavy atom. The number of aromatic nitrogens is 1. The lowest BCUT2D eigenvalue weighted by Crippen LogP contribution is -2.30. The van der Waals surface area contributed by atoms with Gasteiger partial charge in [-0.1, -0.05) is 18.2 Å². The largest absolute Gasteiger partial charge is 0.493 e. The van der Waals surface area contributed by atoms with Gasteiger partial charge in [0.1, 0.15) is 5.75 Å². The van der Waals surface area contributed by atoms with Crippen LogP contribution in [0.25, 0.3) is 0 Å². The van der Waals surface area contributed by atoms with Crippen LogP contribution in [0, 0.1) is 0 Å². The maximum atomic E-state index is 6.02. The van der Waals surface area contributed by atoms with E-state index >= 15 is 0 Å². The van der Waals surface area contributed by atoms with Gasteiger partial charge in [-0.05, 0) is 35.9 Å². The Labute approximate surface area is 125 Å². The van der Waals surface area contributed by atoms with Crippen molar-refractivity contribution >= 4 is 0 Å². The third-order valence-electron chi connectivity index (χ3n) is 4.01. The molecule has 4 heteroatoms. The molecule has 1 unspecified atom stereocenters. The molecule has 0 radical (unpaired) electrons. The zero-order valence-electron chi connectivity index (χ0n) is 12.3. The van der Waals surface area contributed by atoms with Crippen molar-refractivity contribution in [2.45, 2.75) is 19.0 Å². The first-order valence-corrected chi connectivity index (χ1v) is 7.33. The minimum absolute atomic E-state index is 0.205. The topological polar surface area (TPSA) is 51.4 Å². The first-order chi connectivity index (χ1) is 10.3. The number of nitrogens with two attached hydrogens (primary N) is 1. The van der Waals surface area contributed by atoms with E-state index in [9.17, 15) is 0 Å². The van der Waals surface area contributed by atoms with Gasteiger partial charge in [0.05, 0.1) is 6.61 Å². The second kappa shape index (κ2) is 6.24. The molecule has 21 heavy (non-hydrogen) atoms. The summed E-state index contributed by atoms with van der Waals surface area (Å²) >= 11 is 0. The first kappa shape index (κ1) is 14.0. The van der Waals surface area contributed by atoms with Crippen molar-refractivity contribution in [2.24, 2.45) is 5.73 Å². The number of pyridine rings is 1. The summed E-state index contributed by atoms with van der Waals surface area (Å²) in [5.74, 6) is 1.02. The van der Waals surface area contributed by atoms with Crippen LogP contribution in [0.5, 0.6) is 5.75 Å². The highest BCUT2D eigenvalue weighted by Gasteiger charge is 2.19. The van der Waals surface area contributed by atoms with Crippen LogP contribution in [0.1, 0.15) is 22.7 Å². The highest BCUT2D eigenvalue weighted by molar-refractivity contribution is 5.41. The van der Waals surface area contributed by atoms with Crippen LogP contribution in [0.3, 0.4) is 0 Å². The van der Waals surface area contributed by atoms with Crippen molar-refractivity contribution in [1.29, 1.82) is 0 Å². The number of nitrogens with zero attached hydrogens (tertiary/aromatic N) is 2. The number of benzene rings is 1. The molecule has 2 N–H and O–H groups in total. The Balaban J connectivity index is 1.78. The summed E-state index contributed by atoms with van der Waals surface area (Å²) in [5.41, 5.74) is 9.76.